The molecule has 0 spiro atoms. The van der Waals surface area contributed by atoms with Crippen LogP contribution in [-0.4, -0.2) is 19.3 Å². The van der Waals surface area contributed by atoms with Crippen LogP contribution >= 0.6 is 11.6 Å². The number of halogens is 2. The fourth-order valence-electron chi connectivity index (χ4n) is 2.16. The van der Waals surface area contributed by atoms with Gasteiger partial charge >= 0.3 is 0 Å². The largest absolute Gasteiger partial charge is 0.321 e. The highest BCUT2D eigenvalue weighted by Crippen LogP contribution is 2.21. The summed E-state index contributed by atoms with van der Waals surface area (Å²) in [7, 11) is 1.87. The van der Waals surface area contributed by atoms with Crippen LogP contribution in [0.15, 0.2) is 30.5 Å². The van der Waals surface area contributed by atoms with E-state index in [0.717, 1.165) is 11.2 Å². The summed E-state index contributed by atoms with van der Waals surface area (Å²) in [4.78, 5) is 4.27. The highest BCUT2D eigenvalue weighted by molar-refractivity contribution is 6.16. The predicted molar refractivity (Wildman–Crippen MR) is 71.6 cm³/mol. The van der Waals surface area contributed by atoms with Crippen LogP contribution in [0.3, 0.4) is 0 Å². The van der Waals surface area contributed by atoms with E-state index in [1.807, 2.05) is 23.7 Å². The normalized spacial score (nSPS) is 11.3. The Morgan fingerprint density at radius 2 is 2.16 bits per heavy atom. The van der Waals surface area contributed by atoms with Gasteiger partial charge in [-0.1, -0.05) is 6.07 Å². The Bertz CT molecular complexity index is 731. The molecule has 0 fully saturated rings. The number of hydrogen-bond donors (Lipinski definition) is 0. The van der Waals surface area contributed by atoms with E-state index >= 15 is 0 Å². The van der Waals surface area contributed by atoms with E-state index in [0.29, 0.717) is 17.9 Å². The van der Waals surface area contributed by atoms with Gasteiger partial charge in [0.25, 0.3) is 0 Å². The number of para-hydroxylation sites is 1. The van der Waals surface area contributed by atoms with Crippen molar-refractivity contribution in [2.24, 2.45) is 7.05 Å². The molecule has 98 valence electrons. The molecule has 3 rings (SSSR count). The first-order valence-electron chi connectivity index (χ1n) is 5.87. The van der Waals surface area contributed by atoms with E-state index in [9.17, 15) is 4.39 Å². The lowest BCUT2D eigenvalue weighted by Gasteiger charge is -2.08. The van der Waals surface area contributed by atoms with Gasteiger partial charge in [0.05, 0.1) is 23.6 Å². The van der Waals surface area contributed by atoms with Crippen molar-refractivity contribution in [3.63, 3.8) is 0 Å². The minimum atomic E-state index is -0.326. The molecule has 0 N–H and O–H groups in total. The number of hydrogen-bond acceptors (Lipinski definition) is 2. The zero-order valence-electron chi connectivity index (χ0n) is 10.3. The Morgan fingerprint density at radius 1 is 1.32 bits per heavy atom. The summed E-state index contributed by atoms with van der Waals surface area (Å²) < 4.78 is 17.4. The first-order chi connectivity index (χ1) is 9.20. The molecule has 4 nitrogen and oxygen atoms in total. The molecule has 0 saturated carbocycles. The van der Waals surface area contributed by atoms with Crippen LogP contribution in [0.5, 0.6) is 0 Å². The number of fused-ring (bicyclic) bond motifs is 1. The Morgan fingerprint density at radius 3 is 2.84 bits per heavy atom. The van der Waals surface area contributed by atoms with Crippen molar-refractivity contribution in [3.8, 4) is 0 Å². The molecule has 0 radical (unpaired) electrons. The van der Waals surface area contributed by atoms with Crippen LogP contribution in [0, 0.1) is 5.82 Å². The van der Waals surface area contributed by atoms with Gasteiger partial charge in [-0.15, -0.1) is 11.6 Å². The summed E-state index contributed by atoms with van der Waals surface area (Å²) in [5.74, 6) is 0.571. The lowest BCUT2D eigenvalue weighted by atomic mass is 10.3. The topological polar surface area (TPSA) is 35.6 Å². The second-order valence-electron chi connectivity index (χ2n) is 4.30. The van der Waals surface area contributed by atoms with Crippen LogP contribution in [0.1, 0.15) is 11.5 Å². The number of imidazole rings is 1. The number of rotatable bonds is 3. The molecular weight excluding hydrogens is 267 g/mol. The molecule has 3 aromatic rings. The van der Waals surface area contributed by atoms with Crippen molar-refractivity contribution in [2.45, 2.75) is 12.4 Å². The highest BCUT2D eigenvalue weighted by atomic mass is 35.5. The van der Waals surface area contributed by atoms with Gasteiger partial charge < -0.3 is 4.57 Å². The highest BCUT2D eigenvalue weighted by Gasteiger charge is 2.14. The van der Waals surface area contributed by atoms with Gasteiger partial charge in [-0.05, 0) is 18.2 Å². The molecule has 2 heterocycles. The summed E-state index contributed by atoms with van der Waals surface area (Å²) in [5.41, 5.74) is 2.12. The second-order valence-corrected chi connectivity index (χ2v) is 4.57. The fourth-order valence-corrected chi connectivity index (χ4v) is 2.36. The molecule has 0 aliphatic carbocycles. The van der Waals surface area contributed by atoms with Crippen LogP contribution in [-0.2, 0) is 19.5 Å². The number of benzene rings is 1. The number of alkyl halides is 1. The molecule has 0 amide bonds. The maximum atomic E-state index is 13.7. The smallest absolute Gasteiger partial charge is 0.151 e. The van der Waals surface area contributed by atoms with E-state index in [1.54, 1.807) is 16.9 Å². The molecule has 6 heteroatoms. The lowest BCUT2D eigenvalue weighted by Crippen LogP contribution is -2.08. The second kappa shape index (κ2) is 4.66. The average Bonchev–Trinajstić information content (AvgIpc) is 2.96. The van der Waals surface area contributed by atoms with Gasteiger partial charge in [0.15, 0.2) is 5.82 Å². The monoisotopic (exact) mass is 278 g/mol. The molecule has 0 aliphatic rings. The van der Waals surface area contributed by atoms with Crippen molar-refractivity contribution in [2.75, 3.05) is 0 Å². The average molecular weight is 279 g/mol. The minimum absolute atomic E-state index is 0.242. The Hall–Kier alpha value is -1.88. The van der Waals surface area contributed by atoms with Gasteiger partial charge in [0.1, 0.15) is 11.3 Å². The zero-order chi connectivity index (χ0) is 13.4. The molecule has 19 heavy (non-hydrogen) atoms. The Balaban J connectivity index is 2.16. The van der Waals surface area contributed by atoms with Gasteiger partial charge in [-0.25, -0.2) is 9.37 Å². The summed E-state index contributed by atoms with van der Waals surface area (Å²) >= 11 is 5.91. The van der Waals surface area contributed by atoms with Crippen molar-refractivity contribution < 1.29 is 4.39 Å². The molecule has 0 saturated heterocycles. The summed E-state index contributed by atoms with van der Waals surface area (Å²) in [6.45, 7) is 0.568. The van der Waals surface area contributed by atoms with Gasteiger partial charge in [-0.2, -0.15) is 5.10 Å². The minimum Gasteiger partial charge on any atom is -0.321 e. The maximum Gasteiger partial charge on any atom is 0.151 e. The Labute approximate surface area is 114 Å². The SMILES string of the molecule is Cn1nccc1Cn1c(CCl)nc2c(F)cccc21. The first-order valence-corrected chi connectivity index (χ1v) is 6.40. The van der Waals surface area contributed by atoms with Crippen molar-refractivity contribution in [1.29, 1.82) is 0 Å². The van der Waals surface area contributed by atoms with Crippen LogP contribution in [0.25, 0.3) is 11.0 Å². The summed E-state index contributed by atoms with van der Waals surface area (Å²) in [6.07, 6.45) is 1.73. The standard InChI is InChI=1S/C13H12ClFN4/c1-18-9(5-6-16-18)8-19-11-4-2-3-10(15)13(11)17-12(19)7-14/h2-6H,7-8H2,1H3. The first kappa shape index (κ1) is 12.2. The third-order valence-electron chi connectivity index (χ3n) is 3.17. The lowest BCUT2D eigenvalue weighted by molar-refractivity contribution is 0.637. The van der Waals surface area contributed by atoms with Crippen LogP contribution in [0.4, 0.5) is 4.39 Å². The fraction of sp³-hybridized carbons (Fsp3) is 0.231. The van der Waals surface area contributed by atoms with E-state index < -0.39 is 0 Å². The van der Waals surface area contributed by atoms with E-state index in [-0.39, 0.29) is 11.7 Å². The third kappa shape index (κ3) is 2.00. The quantitative estimate of drug-likeness (QED) is 0.691. The molecule has 0 atom stereocenters. The van der Waals surface area contributed by atoms with Gasteiger partial charge in [-0.3, -0.25) is 4.68 Å². The molecule has 0 aliphatic heterocycles. The Kier molecular flexibility index (Phi) is 2.98. The van der Waals surface area contributed by atoms with Crippen molar-refractivity contribution in [3.05, 3.63) is 47.8 Å². The predicted octanol–water partition coefficient (Wildman–Crippen LogP) is 2.70. The zero-order valence-corrected chi connectivity index (χ0v) is 11.1. The number of aryl methyl sites for hydroxylation is 1. The van der Waals surface area contributed by atoms with Crippen LogP contribution in [0.2, 0.25) is 0 Å². The maximum absolute atomic E-state index is 13.7. The van der Waals surface area contributed by atoms with Crippen molar-refractivity contribution in [1.82, 2.24) is 19.3 Å². The number of nitrogens with zero attached hydrogens (tertiary/aromatic N) is 4. The van der Waals surface area contributed by atoms with Crippen LogP contribution < -0.4 is 0 Å². The van der Waals surface area contributed by atoms with Gasteiger partial charge in [0.2, 0.25) is 0 Å². The van der Waals surface area contributed by atoms with E-state index in [4.69, 9.17) is 11.6 Å². The number of aromatic nitrogens is 4. The molecule has 0 unspecified atom stereocenters. The molecule has 2 aromatic heterocycles. The molecular formula is C13H12ClFN4. The summed E-state index contributed by atoms with van der Waals surface area (Å²) in [5, 5.41) is 4.13. The van der Waals surface area contributed by atoms with Crippen molar-refractivity contribution >= 4 is 22.6 Å². The van der Waals surface area contributed by atoms with E-state index in [2.05, 4.69) is 10.1 Å². The van der Waals surface area contributed by atoms with E-state index in [1.165, 1.54) is 6.07 Å². The molecule has 0 bridgehead atoms. The van der Waals surface area contributed by atoms with Gasteiger partial charge in [0, 0.05) is 13.2 Å². The third-order valence-corrected chi connectivity index (χ3v) is 3.41. The molecule has 1 aromatic carbocycles. The summed E-state index contributed by atoms with van der Waals surface area (Å²) in [6, 6.07) is 6.85.